The van der Waals surface area contributed by atoms with E-state index in [1.807, 2.05) is 0 Å². The third kappa shape index (κ3) is 5.74. The molecule has 0 saturated heterocycles. The highest BCUT2D eigenvalue weighted by atomic mass is 32.2. The van der Waals surface area contributed by atoms with E-state index >= 15 is 0 Å². The van der Waals surface area contributed by atoms with Gasteiger partial charge >= 0.3 is 5.97 Å². The van der Waals surface area contributed by atoms with Gasteiger partial charge in [-0.25, -0.2) is 22.3 Å². The molecule has 0 aliphatic carbocycles. The molecule has 2 N–H and O–H groups in total. The van der Waals surface area contributed by atoms with Gasteiger partial charge in [-0.15, -0.1) is 0 Å². The van der Waals surface area contributed by atoms with Crippen LogP contribution in [0.25, 0.3) is 0 Å². The number of aliphatic hydroxyl groups is 1. The van der Waals surface area contributed by atoms with Crippen LogP contribution in [0.5, 0.6) is 0 Å². The zero-order valence-corrected chi connectivity index (χ0v) is 13.7. The highest BCUT2D eigenvalue weighted by Crippen LogP contribution is 2.22. The normalized spacial score (nSPS) is 25.2. The smallest absolute Gasteiger partial charge is 0.330 e. The molecule has 23 heavy (non-hydrogen) atoms. The Balaban J connectivity index is 3.07. The van der Waals surface area contributed by atoms with Gasteiger partial charge in [-0.05, 0) is 12.5 Å². The zero-order chi connectivity index (χ0) is 17.6. The average molecular weight is 345 g/mol. The lowest BCUT2D eigenvalue weighted by Crippen LogP contribution is -2.53. The summed E-state index contributed by atoms with van der Waals surface area (Å²) in [5.41, 5.74) is 0.124. The van der Waals surface area contributed by atoms with Gasteiger partial charge in [0.2, 0.25) is 10.0 Å². The Kier molecular flexibility index (Phi) is 6.86. The van der Waals surface area contributed by atoms with Gasteiger partial charge in [-0.2, -0.15) is 0 Å². The van der Waals surface area contributed by atoms with Crippen molar-refractivity contribution in [3.63, 3.8) is 0 Å². The summed E-state index contributed by atoms with van der Waals surface area (Å²) in [4.78, 5) is 11.4. The quantitative estimate of drug-likeness (QED) is 0.525. The molecule has 6 nitrogen and oxygen atoms in total. The van der Waals surface area contributed by atoms with Gasteiger partial charge in [0.05, 0.1) is 12.3 Å². The van der Waals surface area contributed by atoms with Crippen LogP contribution in [0.1, 0.15) is 6.92 Å². The van der Waals surface area contributed by atoms with Crippen LogP contribution in [0.4, 0.5) is 4.39 Å². The van der Waals surface area contributed by atoms with E-state index in [-0.39, 0.29) is 5.57 Å². The molecular weight excluding hydrogens is 325 g/mol. The molecule has 0 bridgehead atoms. The number of sulfonamides is 1. The van der Waals surface area contributed by atoms with Crippen molar-refractivity contribution < 1.29 is 27.4 Å². The topological polar surface area (TPSA) is 92.7 Å². The third-order valence-corrected chi connectivity index (χ3v) is 3.72. The number of hydrogen-bond acceptors (Lipinski definition) is 5. The summed E-state index contributed by atoms with van der Waals surface area (Å²) in [6.07, 6.45) is 3.85. The van der Waals surface area contributed by atoms with Crippen LogP contribution in [0.2, 0.25) is 0 Å². The number of alkyl halides is 1. The van der Waals surface area contributed by atoms with Crippen molar-refractivity contribution in [1.29, 1.82) is 0 Å². The highest BCUT2D eigenvalue weighted by Gasteiger charge is 2.39. The summed E-state index contributed by atoms with van der Waals surface area (Å²) in [6.45, 7) is 5.14. The van der Waals surface area contributed by atoms with E-state index in [0.717, 1.165) is 12.3 Å². The second-order valence-electron chi connectivity index (χ2n) is 4.97. The molecule has 1 aliphatic rings. The molecule has 1 heterocycles. The van der Waals surface area contributed by atoms with Crippen LogP contribution in [0.15, 0.2) is 48.6 Å². The summed E-state index contributed by atoms with van der Waals surface area (Å²) >= 11 is 0. The Hall–Kier alpha value is -1.77. The molecule has 1 rings (SSSR count). The van der Waals surface area contributed by atoms with Gasteiger partial charge in [0.25, 0.3) is 0 Å². The fourth-order valence-corrected chi connectivity index (χ4v) is 2.81. The standard InChI is InChI=1S/C15H20FNO5S/c1-4-6-10(7-5-2)13(16)14(19)15-11(17-23(3,20)21)8-9-12(18)22-15/h4-9,11,13-15,17,19H,1H2,2-3H3/b7-5-,10-6+. The first kappa shape index (κ1) is 19.3. The van der Waals surface area contributed by atoms with Crippen molar-refractivity contribution in [3.8, 4) is 0 Å². The second kappa shape index (κ2) is 8.19. The fourth-order valence-electron chi connectivity index (χ4n) is 2.11. The summed E-state index contributed by atoms with van der Waals surface area (Å²) < 4.78 is 44.4. The van der Waals surface area contributed by atoms with Crippen LogP contribution in [0.3, 0.4) is 0 Å². The third-order valence-electron chi connectivity index (χ3n) is 3.02. The number of ether oxygens (including phenoxy) is 1. The number of halogens is 1. The van der Waals surface area contributed by atoms with Crippen molar-refractivity contribution in [2.24, 2.45) is 0 Å². The first-order chi connectivity index (χ1) is 10.7. The average Bonchev–Trinajstić information content (AvgIpc) is 2.46. The Labute approximate surface area is 135 Å². The van der Waals surface area contributed by atoms with Crippen LogP contribution in [-0.4, -0.2) is 50.2 Å². The molecule has 0 aromatic carbocycles. The van der Waals surface area contributed by atoms with Gasteiger partial charge in [0.1, 0.15) is 6.10 Å². The zero-order valence-electron chi connectivity index (χ0n) is 12.8. The van der Waals surface area contributed by atoms with Gasteiger partial charge in [0.15, 0.2) is 12.3 Å². The molecule has 4 unspecified atom stereocenters. The number of rotatable bonds is 7. The van der Waals surface area contributed by atoms with E-state index in [1.54, 1.807) is 13.0 Å². The molecule has 8 heteroatoms. The molecule has 0 fully saturated rings. The summed E-state index contributed by atoms with van der Waals surface area (Å²) in [5.74, 6) is -0.784. The molecule has 0 spiro atoms. The Morgan fingerprint density at radius 1 is 1.57 bits per heavy atom. The number of aliphatic hydroxyl groups excluding tert-OH is 1. The molecule has 0 saturated carbocycles. The van der Waals surface area contributed by atoms with Crippen LogP contribution in [-0.2, 0) is 19.6 Å². The maximum atomic E-state index is 14.5. The Bertz CT molecular complexity index is 638. The van der Waals surface area contributed by atoms with Crippen molar-refractivity contribution in [3.05, 3.63) is 48.6 Å². The minimum absolute atomic E-state index is 0.124. The second-order valence-corrected chi connectivity index (χ2v) is 6.75. The Morgan fingerprint density at radius 2 is 2.22 bits per heavy atom. The molecule has 4 atom stereocenters. The van der Waals surface area contributed by atoms with E-state index in [1.165, 1.54) is 24.3 Å². The van der Waals surface area contributed by atoms with E-state index in [9.17, 15) is 22.7 Å². The SMILES string of the molecule is C=C/C=C(\C=C/C)C(F)C(O)C1OC(=O)C=CC1NS(C)(=O)=O. The maximum Gasteiger partial charge on any atom is 0.330 e. The van der Waals surface area contributed by atoms with Gasteiger partial charge in [-0.3, -0.25) is 0 Å². The Morgan fingerprint density at radius 3 is 2.74 bits per heavy atom. The summed E-state index contributed by atoms with van der Waals surface area (Å²) in [6, 6.07) is -1.06. The number of esters is 1. The number of allylic oxidation sites excluding steroid dienone is 4. The largest absolute Gasteiger partial charge is 0.454 e. The summed E-state index contributed by atoms with van der Waals surface area (Å²) in [7, 11) is -3.64. The number of carbonyl (C=O) groups is 1. The number of hydrogen-bond donors (Lipinski definition) is 2. The fraction of sp³-hybridized carbons (Fsp3) is 0.400. The van der Waals surface area contributed by atoms with Crippen molar-refractivity contribution in [2.75, 3.05) is 6.26 Å². The number of nitrogens with one attached hydrogen (secondary N) is 1. The van der Waals surface area contributed by atoms with Gasteiger partial charge in [-0.1, -0.05) is 37.0 Å². The van der Waals surface area contributed by atoms with Crippen molar-refractivity contribution >= 4 is 16.0 Å². The van der Waals surface area contributed by atoms with Gasteiger partial charge in [0, 0.05) is 6.08 Å². The molecule has 1 aliphatic heterocycles. The van der Waals surface area contributed by atoms with Crippen LogP contribution >= 0.6 is 0 Å². The van der Waals surface area contributed by atoms with Crippen LogP contribution in [0, 0.1) is 0 Å². The summed E-state index contributed by atoms with van der Waals surface area (Å²) in [5, 5.41) is 10.2. The predicted octanol–water partition coefficient (Wildman–Crippen LogP) is 0.773. The van der Waals surface area contributed by atoms with E-state index < -0.39 is 40.4 Å². The molecular formula is C15H20FNO5S. The van der Waals surface area contributed by atoms with E-state index in [4.69, 9.17) is 4.74 Å². The minimum atomic E-state index is -3.64. The van der Waals surface area contributed by atoms with E-state index in [2.05, 4.69) is 11.3 Å². The van der Waals surface area contributed by atoms with Crippen LogP contribution < -0.4 is 4.72 Å². The van der Waals surface area contributed by atoms with Crippen molar-refractivity contribution in [2.45, 2.75) is 31.3 Å². The first-order valence-corrected chi connectivity index (χ1v) is 8.72. The van der Waals surface area contributed by atoms with Crippen molar-refractivity contribution in [1.82, 2.24) is 4.72 Å². The van der Waals surface area contributed by atoms with E-state index in [0.29, 0.717) is 0 Å². The highest BCUT2D eigenvalue weighted by molar-refractivity contribution is 7.88. The number of carbonyl (C=O) groups excluding carboxylic acids is 1. The lowest BCUT2D eigenvalue weighted by atomic mass is 9.95. The van der Waals surface area contributed by atoms with Gasteiger partial charge < -0.3 is 9.84 Å². The minimum Gasteiger partial charge on any atom is -0.454 e. The molecule has 128 valence electrons. The first-order valence-electron chi connectivity index (χ1n) is 6.83. The monoisotopic (exact) mass is 345 g/mol. The molecule has 0 amide bonds. The maximum absolute atomic E-state index is 14.5. The lowest BCUT2D eigenvalue weighted by molar-refractivity contribution is -0.154. The predicted molar refractivity (Wildman–Crippen MR) is 84.8 cm³/mol. The molecule has 0 aromatic heterocycles. The molecule has 0 radical (unpaired) electrons. The number of cyclic esters (lactones) is 1. The molecule has 0 aromatic rings. The lowest BCUT2D eigenvalue weighted by Gasteiger charge is -2.32.